The highest BCUT2D eigenvalue weighted by molar-refractivity contribution is 6.08. The summed E-state index contributed by atoms with van der Waals surface area (Å²) in [7, 11) is 0. The zero-order valence-corrected chi connectivity index (χ0v) is 17.1. The van der Waals surface area contributed by atoms with Gasteiger partial charge in [-0.05, 0) is 49.6 Å². The Bertz CT molecular complexity index is 1200. The molecule has 0 aliphatic rings. The summed E-state index contributed by atoms with van der Waals surface area (Å²) in [5.74, 6) is 0.0824. The maximum absolute atomic E-state index is 13.1. The van der Waals surface area contributed by atoms with Crippen molar-refractivity contribution in [2.24, 2.45) is 0 Å². The Morgan fingerprint density at radius 2 is 1.52 bits per heavy atom. The van der Waals surface area contributed by atoms with Crippen molar-refractivity contribution >= 4 is 27.8 Å². The molecular weight excluding hydrogens is 397 g/mol. The summed E-state index contributed by atoms with van der Waals surface area (Å²) in [6, 6.07) is 19.8. The number of carbonyl (C=O) groups is 1. The van der Waals surface area contributed by atoms with Crippen molar-refractivity contribution in [3.63, 3.8) is 0 Å². The zero-order chi connectivity index (χ0) is 21.6. The van der Waals surface area contributed by atoms with E-state index in [0.29, 0.717) is 19.0 Å². The molecular formula is C25H24FNO4. The molecule has 31 heavy (non-hydrogen) atoms. The van der Waals surface area contributed by atoms with Crippen LogP contribution in [-0.4, -0.2) is 28.9 Å². The number of aromatic nitrogens is 1. The molecule has 0 radical (unpaired) electrons. The molecule has 0 aliphatic carbocycles. The second-order valence-electron chi connectivity index (χ2n) is 7.39. The van der Waals surface area contributed by atoms with E-state index >= 15 is 0 Å². The van der Waals surface area contributed by atoms with E-state index in [1.165, 1.54) is 12.1 Å². The van der Waals surface area contributed by atoms with Gasteiger partial charge < -0.3 is 19.1 Å². The second-order valence-corrected chi connectivity index (χ2v) is 7.39. The predicted octanol–water partition coefficient (Wildman–Crippen LogP) is 5.65. The smallest absolute Gasteiger partial charge is 0.323 e. The number of ether oxygens (including phenoxy) is 2. The van der Waals surface area contributed by atoms with Gasteiger partial charge in [-0.2, -0.15) is 0 Å². The van der Waals surface area contributed by atoms with Crippen LogP contribution < -0.4 is 9.47 Å². The van der Waals surface area contributed by atoms with Crippen molar-refractivity contribution in [3.05, 3.63) is 72.5 Å². The minimum atomic E-state index is -0.880. The minimum Gasteiger partial charge on any atom is -0.494 e. The third-order valence-corrected chi connectivity index (χ3v) is 5.16. The molecule has 5 nitrogen and oxygen atoms in total. The molecule has 0 spiro atoms. The fourth-order valence-electron chi connectivity index (χ4n) is 3.74. The number of unbranched alkanes of at least 4 members (excludes halogenated alkanes) is 2. The third kappa shape index (κ3) is 4.97. The van der Waals surface area contributed by atoms with E-state index in [0.717, 1.165) is 46.8 Å². The number of halogens is 1. The highest BCUT2D eigenvalue weighted by Crippen LogP contribution is 2.31. The Morgan fingerprint density at radius 3 is 2.26 bits per heavy atom. The maximum atomic E-state index is 13.1. The number of carboxylic acids is 1. The van der Waals surface area contributed by atoms with Crippen LogP contribution in [0.15, 0.2) is 66.7 Å². The fourth-order valence-corrected chi connectivity index (χ4v) is 3.74. The number of para-hydroxylation sites is 1. The lowest BCUT2D eigenvalue weighted by atomic mass is 10.1. The zero-order valence-electron chi connectivity index (χ0n) is 17.1. The Morgan fingerprint density at radius 1 is 0.806 bits per heavy atom. The summed E-state index contributed by atoms with van der Waals surface area (Å²) in [6.07, 6.45) is 2.64. The quantitative estimate of drug-likeness (QED) is 0.336. The van der Waals surface area contributed by atoms with Gasteiger partial charge in [0.1, 0.15) is 23.9 Å². The molecule has 4 aromatic rings. The highest BCUT2D eigenvalue weighted by atomic mass is 19.1. The molecule has 0 fully saturated rings. The van der Waals surface area contributed by atoms with Crippen LogP contribution >= 0.6 is 0 Å². The lowest BCUT2D eigenvalue weighted by Gasteiger charge is -2.09. The number of benzene rings is 3. The number of hydrogen-bond acceptors (Lipinski definition) is 3. The van der Waals surface area contributed by atoms with E-state index in [2.05, 4.69) is 0 Å². The van der Waals surface area contributed by atoms with Crippen LogP contribution in [0, 0.1) is 5.82 Å². The van der Waals surface area contributed by atoms with Gasteiger partial charge in [-0.3, -0.25) is 4.79 Å². The van der Waals surface area contributed by atoms with Crippen molar-refractivity contribution in [1.29, 1.82) is 0 Å². The van der Waals surface area contributed by atoms with Gasteiger partial charge in [0.15, 0.2) is 0 Å². The minimum absolute atomic E-state index is 0.0984. The summed E-state index contributed by atoms with van der Waals surface area (Å²) in [5, 5.41) is 11.4. The molecule has 4 rings (SSSR count). The molecule has 1 heterocycles. The number of carboxylic acid groups (broad SMARTS) is 1. The van der Waals surface area contributed by atoms with Gasteiger partial charge >= 0.3 is 5.97 Å². The molecule has 0 aliphatic heterocycles. The Labute approximate surface area is 179 Å². The van der Waals surface area contributed by atoms with Gasteiger partial charge in [0.25, 0.3) is 0 Å². The molecule has 0 unspecified atom stereocenters. The summed E-state index contributed by atoms with van der Waals surface area (Å²) >= 11 is 0. The molecule has 0 bridgehead atoms. The third-order valence-electron chi connectivity index (χ3n) is 5.16. The molecule has 0 saturated carbocycles. The van der Waals surface area contributed by atoms with Crippen molar-refractivity contribution in [2.45, 2.75) is 25.8 Å². The first-order valence-electron chi connectivity index (χ1n) is 10.4. The summed E-state index contributed by atoms with van der Waals surface area (Å²) in [5.41, 5.74) is 1.75. The van der Waals surface area contributed by atoms with Gasteiger partial charge in [-0.1, -0.05) is 24.3 Å². The van der Waals surface area contributed by atoms with E-state index in [-0.39, 0.29) is 12.4 Å². The standard InChI is InChI=1S/C25H24FNO4/c26-18-7-6-8-19(15-18)30-13-4-1-5-14-31-20-11-12-22-21-9-2-3-10-23(21)27(17-25(28)29)24(22)16-20/h2-3,6-12,15-16H,1,4-5,13-14,17H2,(H,28,29). The van der Waals surface area contributed by atoms with Crippen LogP contribution in [0.4, 0.5) is 4.39 Å². The van der Waals surface area contributed by atoms with Crippen molar-refractivity contribution < 1.29 is 23.8 Å². The Balaban J connectivity index is 1.32. The van der Waals surface area contributed by atoms with Crippen LogP contribution in [0.25, 0.3) is 21.8 Å². The topological polar surface area (TPSA) is 60.7 Å². The maximum Gasteiger partial charge on any atom is 0.323 e. The molecule has 1 aromatic heterocycles. The summed E-state index contributed by atoms with van der Waals surface area (Å²) in [4.78, 5) is 11.4. The molecule has 6 heteroatoms. The second kappa shape index (κ2) is 9.51. The van der Waals surface area contributed by atoms with Crippen molar-refractivity contribution in [1.82, 2.24) is 4.57 Å². The highest BCUT2D eigenvalue weighted by Gasteiger charge is 2.13. The first-order chi connectivity index (χ1) is 15.1. The molecule has 3 aromatic carbocycles. The number of rotatable bonds is 10. The fraction of sp³-hybridized carbons (Fsp3) is 0.240. The number of aliphatic carboxylic acids is 1. The van der Waals surface area contributed by atoms with Crippen LogP contribution in [0.3, 0.4) is 0 Å². The Hall–Kier alpha value is -3.54. The number of nitrogens with zero attached hydrogens (tertiary/aromatic N) is 1. The summed E-state index contributed by atoms with van der Waals surface area (Å²) in [6.45, 7) is 0.994. The van der Waals surface area contributed by atoms with E-state index in [9.17, 15) is 14.3 Å². The number of fused-ring (bicyclic) bond motifs is 3. The van der Waals surface area contributed by atoms with Gasteiger partial charge in [0.2, 0.25) is 0 Å². The first-order valence-corrected chi connectivity index (χ1v) is 10.4. The average Bonchev–Trinajstić information content (AvgIpc) is 3.06. The largest absolute Gasteiger partial charge is 0.494 e. The molecule has 0 atom stereocenters. The van der Waals surface area contributed by atoms with E-state index in [1.807, 2.05) is 47.0 Å². The Kier molecular flexibility index (Phi) is 6.36. The van der Waals surface area contributed by atoms with Gasteiger partial charge in [-0.25, -0.2) is 4.39 Å². The predicted molar refractivity (Wildman–Crippen MR) is 118 cm³/mol. The van der Waals surface area contributed by atoms with Gasteiger partial charge in [0.05, 0.1) is 18.7 Å². The van der Waals surface area contributed by atoms with Crippen molar-refractivity contribution in [2.75, 3.05) is 13.2 Å². The SMILES string of the molecule is O=C(O)Cn1c2ccccc2c2ccc(OCCCCCOc3cccc(F)c3)cc21. The van der Waals surface area contributed by atoms with Crippen LogP contribution in [0.1, 0.15) is 19.3 Å². The van der Waals surface area contributed by atoms with Crippen LogP contribution in [0.2, 0.25) is 0 Å². The van der Waals surface area contributed by atoms with Crippen LogP contribution in [0.5, 0.6) is 11.5 Å². The van der Waals surface area contributed by atoms with Gasteiger partial charge in [-0.15, -0.1) is 0 Å². The number of hydrogen-bond donors (Lipinski definition) is 1. The van der Waals surface area contributed by atoms with Crippen molar-refractivity contribution in [3.8, 4) is 11.5 Å². The first kappa shape index (κ1) is 20.7. The van der Waals surface area contributed by atoms with Gasteiger partial charge in [0, 0.05) is 28.4 Å². The molecule has 0 amide bonds. The lowest BCUT2D eigenvalue weighted by molar-refractivity contribution is -0.137. The van der Waals surface area contributed by atoms with E-state index in [1.54, 1.807) is 12.1 Å². The monoisotopic (exact) mass is 421 g/mol. The van der Waals surface area contributed by atoms with E-state index in [4.69, 9.17) is 9.47 Å². The molecule has 1 N–H and O–H groups in total. The normalized spacial score (nSPS) is 11.1. The average molecular weight is 421 g/mol. The van der Waals surface area contributed by atoms with Crippen LogP contribution in [-0.2, 0) is 11.3 Å². The lowest BCUT2D eigenvalue weighted by Crippen LogP contribution is -2.08. The molecule has 160 valence electrons. The summed E-state index contributed by atoms with van der Waals surface area (Å²) < 4.78 is 26.4. The van der Waals surface area contributed by atoms with E-state index < -0.39 is 5.97 Å². The molecule has 0 saturated heterocycles.